The number of benzene rings is 1. The first-order valence-corrected chi connectivity index (χ1v) is 10.4. The van der Waals surface area contributed by atoms with Crippen molar-refractivity contribution in [1.82, 2.24) is 19.6 Å². The molecule has 1 fully saturated rings. The molecule has 1 atom stereocenters. The van der Waals surface area contributed by atoms with Gasteiger partial charge in [0, 0.05) is 62.5 Å². The van der Waals surface area contributed by atoms with E-state index in [9.17, 15) is 4.79 Å². The normalized spacial score (nSPS) is 19.9. The minimum atomic E-state index is -0.530. The Morgan fingerprint density at radius 2 is 1.93 bits per heavy atom. The van der Waals surface area contributed by atoms with Crippen LogP contribution in [-0.2, 0) is 22.7 Å². The molecule has 0 radical (unpaired) electrons. The van der Waals surface area contributed by atoms with Crippen molar-refractivity contribution >= 4 is 23.2 Å². The fourth-order valence-electron chi connectivity index (χ4n) is 3.81. The third-order valence-corrected chi connectivity index (χ3v) is 5.78. The van der Waals surface area contributed by atoms with Crippen LogP contribution in [0.15, 0.2) is 35.6 Å². The van der Waals surface area contributed by atoms with Crippen LogP contribution in [0.5, 0.6) is 0 Å². The molecular weight excluding hydrogens is 390 g/mol. The second-order valence-electron chi connectivity index (χ2n) is 7.55. The first-order chi connectivity index (χ1) is 14.0. The Bertz CT molecular complexity index is 900. The smallest absolute Gasteiger partial charge is 0.266 e. The fourth-order valence-corrected chi connectivity index (χ4v) is 3.94. The van der Waals surface area contributed by atoms with Crippen molar-refractivity contribution in [3.05, 3.63) is 52.3 Å². The number of aryl methyl sites for hydroxylation is 2. The number of oxime groups is 1. The minimum Gasteiger partial charge on any atom is -0.382 e. The van der Waals surface area contributed by atoms with Crippen LogP contribution in [-0.4, -0.2) is 63.5 Å². The van der Waals surface area contributed by atoms with Gasteiger partial charge < -0.3 is 9.74 Å². The molecule has 1 aromatic heterocycles. The van der Waals surface area contributed by atoms with Crippen molar-refractivity contribution in [3.8, 4) is 0 Å². The van der Waals surface area contributed by atoms with Gasteiger partial charge in [-0.05, 0) is 31.5 Å². The highest BCUT2D eigenvalue weighted by molar-refractivity contribution is 6.30. The van der Waals surface area contributed by atoms with Crippen LogP contribution in [0.2, 0.25) is 5.02 Å². The van der Waals surface area contributed by atoms with E-state index in [4.69, 9.17) is 16.4 Å². The fraction of sp³-hybridized carbons (Fsp3) is 0.476. The molecule has 1 amide bonds. The van der Waals surface area contributed by atoms with Crippen LogP contribution in [0, 0.1) is 6.92 Å². The Labute approximate surface area is 175 Å². The lowest BCUT2D eigenvalue weighted by Crippen LogP contribution is -2.51. The molecule has 2 aliphatic rings. The molecule has 1 aromatic carbocycles. The first kappa shape index (κ1) is 19.9. The van der Waals surface area contributed by atoms with E-state index in [1.165, 1.54) is 5.56 Å². The van der Waals surface area contributed by atoms with Gasteiger partial charge in [0.05, 0.1) is 11.4 Å². The maximum absolute atomic E-state index is 12.9. The molecular formula is C21H26ClN5O2. The molecule has 29 heavy (non-hydrogen) atoms. The van der Waals surface area contributed by atoms with Gasteiger partial charge in [-0.15, -0.1) is 0 Å². The van der Waals surface area contributed by atoms with Crippen LogP contribution in [0.3, 0.4) is 0 Å². The van der Waals surface area contributed by atoms with Crippen molar-refractivity contribution < 1.29 is 9.63 Å². The average molecular weight is 416 g/mol. The summed E-state index contributed by atoms with van der Waals surface area (Å²) >= 11 is 5.95. The third kappa shape index (κ3) is 4.46. The summed E-state index contributed by atoms with van der Waals surface area (Å²) in [5, 5.41) is 9.39. The van der Waals surface area contributed by atoms with Gasteiger partial charge in [-0.2, -0.15) is 5.10 Å². The Kier molecular flexibility index (Phi) is 5.87. The van der Waals surface area contributed by atoms with Gasteiger partial charge in [0.2, 0.25) is 6.10 Å². The second-order valence-corrected chi connectivity index (χ2v) is 7.98. The lowest BCUT2D eigenvalue weighted by molar-refractivity contribution is -0.143. The van der Waals surface area contributed by atoms with Crippen molar-refractivity contribution in [2.75, 3.05) is 26.2 Å². The number of amides is 1. The summed E-state index contributed by atoms with van der Waals surface area (Å²) in [5.74, 6) is 0.0235. The summed E-state index contributed by atoms with van der Waals surface area (Å²) < 4.78 is 1.88. The Morgan fingerprint density at radius 3 is 2.59 bits per heavy atom. The number of carbonyl (C=O) groups excluding carboxylic acids is 1. The number of nitrogens with zero attached hydrogens (tertiary/aromatic N) is 5. The summed E-state index contributed by atoms with van der Waals surface area (Å²) in [7, 11) is 0. The Morgan fingerprint density at radius 1 is 1.21 bits per heavy atom. The molecule has 0 aliphatic carbocycles. The third-order valence-electron chi connectivity index (χ3n) is 5.53. The van der Waals surface area contributed by atoms with Gasteiger partial charge in [0.1, 0.15) is 0 Å². The zero-order valence-electron chi connectivity index (χ0n) is 16.8. The molecule has 0 N–H and O–H groups in total. The predicted octanol–water partition coefficient (Wildman–Crippen LogP) is 2.70. The van der Waals surface area contributed by atoms with Crippen LogP contribution < -0.4 is 0 Å². The molecule has 7 nitrogen and oxygen atoms in total. The topological polar surface area (TPSA) is 63.0 Å². The van der Waals surface area contributed by atoms with Crippen LogP contribution in [0.25, 0.3) is 0 Å². The maximum atomic E-state index is 12.9. The quantitative estimate of drug-likeness (QED) is 0.753. The zero-order chi connectivity index (χ0) is 20.4. The molecule has 2 aliphatic heterocycles. The lowest BCUT2D eigenvalue weighted by atomic mass is 10.1. The molecule has 0 spiro atoms. The molecule has 0 saturated carbocycles. The number of halogens is 1. The zero-order valence-corrected chi connectivity index (χ0v) is 17.6. The van der Waals surface area contributed by atoms with Crippen LogP contribution in [0.1, 0.15) is 30.2 Å². The highest BCUT2D eigenvalue weighted by Gasteiger charge is 2.34. The monoisotopic (exact) mass is 415 g/mol. The van der Waals surface area contributed by atoms with E-state index in [0.717, 1.165) is 48.2 Å². The van der Waals surface area contributed by atoms with Gasteiger partial charge in [-0.3, -0.25) is 14.4 Å². The number of hydrogen-bond acceptors (Lipinski definition) is 5. The van der Waals surface area contributed by atoms with Gasteiger partial charge in [0.25, 0.3) is 5.91 Å². The molecule has 1 unspecified atom stereocenters. The first-order valence-electron chi connectivity index (χ1n) is 10.1. The van der Waals surface area contributed by atoms with Gasteiger partial charge in [-0.25, -0.2) is 0 Å². The van der Waals surface area contributed by atoms with Crippen molar-refractivity contribution in [2.45, 2.75) is 39.5 Å². The standard InChI is InChI=1S/C21H26ClN5O2/c1-3-27-14-18(15(2)23-27)19-12-20(29-24-19)21(28)26-10-8-25(9-11-26)13-16-4-6-17(22)7-5-16/h4-7,14,20H,3,8-13H2,1-2H3. The molecule has 2 aromatic rings. The highest BCUT2D eigenvalue weighted by Crippen LogP contribution is 2.21. The van der Waals surface area contributed by atoms with E-state index in [1.54, 1.807) is 0 Å². The lowest BCUT2D eigenvalue weighted by Gasteiger charge is -2.35. The summed E-state index contributed by atoms with van der Waals surface area (Å²) in [6.07, 6.45) is 1.94. The Hall–Kier alpha value is -2.38. The summed E-state index contributed by atoms with van der Waals surface area (Å²) in [5.41, 5.74) is 3.92. The van der Waals surface area contributed by atoms with E-state index >= 15 is 0 Å². The molecule has 154 valence electrons. The van der Waals surface area contributed by atoms with Gasteiger partial charge in [0.15, 0.2) is 0 Å². The summed E-state index contributed by atoms with van der Waals surface area (Å²) in [6.45, 7) is 8.77. The summed E-state index contributed by atoms with van der Waals surface area (Å²) in [6, 6.07) is 7.93. The van der Waals surface area contributed by atoms with E-state index < -0.39 is 6.10 Å². The SMILES string of the molecule is CCn1cc(C2=NOC(C(=O)N3CCN(Cc4ccc(Cl)cc4)CC3)C2)c(C)n1. The molecule has 4 rings (SSSR count). The number of rotatable bonds is 5. The van der Waals surface area contributed by atoms with Crippen LogP contribution in [0.4, 0.5) is 0 Å². The number of hydrogen-bond donors (Lipinski definition) is 0. The van der Waals surface area contributed by atoms with Crippen molar-refractivity contribution in [3.63, 3.8) is 0 Å². The Balaban J connectivity index is 1.29. The van der Waals surface area contributed by atoms with Crippen LogP contribution >= 0.6 is 11.6 Å². The molecule has 0 bridgehead atoms. The largest absolute Gasteiger partial charge is 0.382 e. The van der Waals surface area contributed by atoms with E-state index in [2.05, 4.69) is 15.2 Å². The van der Waals surface area contributed by atoms with Crippen molar-refractivity contribution in [2.24, 2.45) is 5.16 Å². The van der Waals surface area contributed by atoms with Gasteiger partial charge in [-0.1, -0.05) is 28.9 Å². The molecule has 8 heteroatoms. The number of piperazine rings is 1. The second kappa shape index (κ2) is 8.55. The van der Waals surface area contributed by atoms with E-state index in [-0.39, 0.29) is 5.91 Å². The minimum absolute atomic E-state index is 0.0235. The van der Waals surface area contributed by atoms with E-state index in [1.807, 2.05) is 53.9 Å². The number of aromatic nitrogens is 2. The molecule has 3 heterocycles. The predicted molar refractivity (Wildman–Crippen MR) is 112 cm³/mol. The maximum Gasteiger partial charge on any atom is 0.266 e. The average Bonchev–Trinajstić information content (AvgIpc) is 3.36. The summed E-state index contributed by atoms with van der Waals surface area (Å²) in [4.78, 5) is 22.6. The highest BCUT2D eigenvalue weighted by atomic mass is 35.5. The van der Waals surface area contributed by atoms with E-state index in [0.29, 0.717) is 19.5 Å². The van der Waals surface area contributed by atoms with Crippen molar-refractivity contribution in [1.29, 1.82) is 0 Å². The molecule has 1 saturated heterocycles. The number of carbonyl (C=O) groups is 1. The van der Waals surface area contributed by atoms with Gasteiger partial charge >= 0.3 is 0 Å².